The molecule has 1 heterocycles. The number of fused-ring (bicyclic) bond motifs is 1. The lowest BCUT2D eigenvalue weighted by atomic mass is 9.80. The van der Waals surface area contributed by atoms with Crippen LogP contribution in [0.1, 0.15) is 59.8 Å². The Morgan fingerprint density at radius 1 is 1.35 bits per heavy atom. The van der Waals surface area contributed by atoms with Gasteiger partial charge in [0.25, 0.3) is 0 Å². The molecule has 0 aliphatic carbocycles. The zero-order chi connectivity index (χ0) is 25.3. The van der Waals surface area contributed by atoms with Crippen LogP contribution in [0.4, 0.5) is 5.69 Å². The van der Waals surface area contributed by atoms with E-state index < -0.39 is 17.6 Å². The molecular weight excluding hydrogens is 450 g/mol. The average Bonchev–Trinajstić information content (AvgIpc) is 2.78. The Kier molecular flexibility index (Phi) is 11.3. The Morgan fingerprint density at radius 2 is 2.06 bits per heavy atom. The SMILES string of the molecule is CCCCNC(=O)[C@H](C)C[C@H](O)[C@@H](N)CC(C)(C)CC(=O)N1C[C@H](COC)Sc2ccccc21. The number of unbranched alkanes of at least 4 members (excludes halogenated alkanes) is 1. The fourth-order valence-corrected chi connectivity index (χ4v) is 5.61. The second-order valence-corrected chi connectivity index (χ2v) is 11.6. The van der Waals surface area contributed by atoms with Gasteiger partial charge in [0, 0.05) is 43.5 Å². The molecule has 34 heavy (non-hydrogen) atoms. The minimum atomic E-state index is -0.806. The number of amides is 2. The fraction of sp³-hybridized carbons (Fsp3) is 0.692. The molecule has 8 heteroatoms. The van der Waals surface area contributed by atoms with Gasteiger partial charge in [0.2, 0.25) is 11.8 Å². The summed E-state index contributed by atoms with van der Waals surface area (Å²) in [5.74, 6) is -0.326. The van der Waals surface area contributed by atoms with E-state index in [1.807, 2.05) is 49.9 Å². The Labute approximate surface area is 209 Å². The number of aliphatic hydroxyl groups is 1. The summed E-state index contributed by atoms with van der Waals surface area (Å²) in [6, 6.07) is 7.45. The van der Waals surface area contributed by atoms with Crippen molar-refractivity contribution in [1.82, 2.24) is 5.32 Å². The van der Waals surface area contributed by atoms with Gasteiger partial charge in [0.1, 0.15) is 0 Å². The zero-order valence-corrected chi connectivity index (χ0v) is 22.2. The van der Waals surface area contributed by atoms with E-state index in [0.29, 0.717) is 39.0 Å². The number of aliphatic hydroxyl groups excluding tert-OH is 1. The van der Waals surface area contributed by atoms with E-state index in [2.05, 4.69) is 12.2 Å². The molecule has 192 valence electrons. The molecule has 0 aromatic heterocycles. The van der Waals surface area contributed by atoms with Crippen LogP contribution < -0.4 is 16.0 Å². The number of carbonyl (C=O) groups excluding carboxylic acids is 2. The third-order valence-corrected chi connectivity index (χ3v) is 7.49. The summed E-state index contributed by atoms with van der Waals surface area (Å²) in [5, 5.41) is 13.8. The fourth-order valence-electron chi connectivity index (χ4n) is 4.37. The predicted molar refractivity (Wildman–Crippen MR) is 139 cm³/mol. The van der Waals surface area contributed by atoms with E-state index >= 15 is 0 Å². The van der Waals surface area contributed by atoms with E-state index in [-0.39, 0.29) is 23.0 Å². The first-order chi connectivity index (χ1) is 16.1. The standard InChI is InChI=1S/C26H43N3O4S/c1-6-7-12-28-25(32)18(2)13-22(30)20(27)14-26(3,4)15-24(31)29-16-19(17-33-5)34-23-11-9-8-10-21(23)29/h8-11,18-20,22,30H,6-7,12-17,27H2,1-5H3,(H,28,32)/t18-,19-,20+,22+/m1/s1. The van der Waals surface area contributed by atoms with E-state index in [1.54, 1.807) is 18.9 Å². The van der Waals surface area contributed by atoms with Crippen LogP contribution in [0.2, 0.25) is 0 Å². The smallest absolute Gasteiger partial charge is 0.227 e. The average molecular weight is 494 g/mol. The first-order valence-corrected chi connectivity index (χ1v) is 13.2. The molecule has 1 aliphatic heterocycles. The zero-order valence-electron chi connectivity index (χ0n) is 21.4. The van der Waals surface area contributed by atoms with Crippen LogP contribution in [0, 0.1) is 11.3 Å². The van der Waals surface area contributed by atoms with Gasteiger partial charge in [0.05, 0.1) is 23.6 Å². The number of para-hydroxylation sites is 1. The van der Waals surface area contributed by atoms with Gasteiger partial charge in [0.15, 0.2) is 0 Å². The number of hydrogen-bond donors (Lipinski definition) is 3. The van der Waals surface area contributed by atoms with Gasteiger partial charge in [-0.1, -0.05) is 46.2 Å². The van der Waals surface area contributed by atoms with Gasteiger partial charge < -0.3 is 25.8 Å². The summed E-state index contributed by atoms with van der Waals surface area (Å²) in [4.78, 5) is 28.6. The van der Waals surface area contributed by atoms with Crippen LogP contribution in [0.3, 0.4) is 0 Å². The van der Waals surface area contributed by atoms with Gasteiger partial charge in [-0.3, -0.25) is 9.59 Å². The molecule has 0 spiro atoms. The molecule has 0 saturated carbocycles. The van der Waals surface area contributed by atoms with E-state index in [9.17, 15) is 14.7 Å². The minimum Gasteiger partial charge on any atom is -0.391 e. The number of hydrogen-bond acceptors (Lipinski definition) is 6. The number of carbonyl (C=O) groups is 2. The predicted octanol–water partition coefficient (Wildman–Crippen LogP) is 3.58. The summed E-state index contributed by atoms with van der Waals surface area (Å²) in [6.07, 6.45) is 2.26. The summed E-state index contributed by atoms with van der Waals surface area (Å²) >= 11 is 1.74. The molecule has 2 amide bonds. The second kappa shape index (κ2) is 13.5. The highest BCUT2D eigenvalue weighted by molar-refractivity contribution is 8.00. The molecule has 4 N–H and O–H groups in total. The van der Waals surface area contributed by atoms with Gasteiger partial charge in [-0.05, 0) is 36.8 Å². The van der Waals surface area contributed by atoms with Crippen molar-refractivity contribution < 1.29 is 19.4 Å². The number of nitrogens with two attached hydrogens (primary N) is 1. The Balaban J connectivity index is 1.95. The maximum Gasteiger partial charge on any atom is 0.227 e. The molecule has 0 bridgehead atoms. The highest BCUT2D eigenvalue weighted by Gasteiger charge is 2.34. The maximum atomic E-state index is 13.4. The highest BCUT2D eigenvalue weighted by atomic mass is 32.2. The lowest BCUT2D eigenvalue weighted by Gasteiger charge is -2.37. The third kappa shape index (κ3) is 8.56. The highest BCUT2D eigenvalue weighted by Crippen LogP contribution is 2.40. The van der Waals surface area contributed by atoms with Crippen LogP contribution in [-0.4, -0.2) is 61.1 Å². The number of rotatable bonds is 13. The van der Waals surface area contributed by atoms with Crippen molar-refractivity contribution in [2.75, 3.05) is 31.7 Å². The molecule has 2 rings (SSSR count). The van der Waals surface area contributed by atoms with Crippen molar-refractivity contribution in [2.45, 2.75) is 82.1 Å². The van der Waals surface area contributed by atoms with Crippen LogP contribution in [0.15, 0.2) is 29.2 Å². The lowest BCUT2D eigenvalue weighted by molar-refractivity contribution is -0.125. The molecule has 0 unspecified atom stereocenters. The lowest BCUT2D eigenvalue weighted by Crippen LogP contribution is -2.45. The van der Waals surface area contributed by atoms with Crippen molar-refractivity contribution in [3.05, 3.63) is 24.3 Å². The van der Waals surface area contributed by atoms with Gasteiger partial charge in [-0.25, -0.2) is 0 Å². The van der Waals surface area contributed by atoms with Crippen molar-refractivity contribution in [3.8, 4) is 0 Å². The van der Waals surface area contributed by atoms with Crippen molar-refractivity contribution >= 4 is 29.3 Å². The topological polar surface area (TPSA) is 105 Å². The van der Waals surface area contributed by atoms with Crippen LogP contribution in [0.5, 0.6) is 0 Å². The number of thioether (sulfide) groups is 1. The number of nitrogens with one attached hydrogen (secondary N) is 1. The van der Waals surface area contributed by atoms with Gasteiger partial charge in [-0.15, -0.1) is 11.8 Å². The number of anilines is 1. The first-order valence-electron chi connectivity index (χ1n) is 12.3. The van der Waals surface area contributed by atoms with Crippen LogP contribution in [0.25, 0.3) is 0 Å². The van der Waals surface area contributed by atoms with E-state index in [0.717, 1.165) is 23.4 Å². The Bertz CT molecular complexity index is 804. The summed E-state index contributed by atoms with van der Waals surface area (Å²) in [7, 11) is 1.68. The molecule has 1 aliphatic rings. The molecule has 7 nitrogen and oxygen atoms in total. The normalized spacial score (nSPS) is 18.7. The maximum absolute atomic E-state index is 13.4. The molecule has 0 fully saturated rings. The van der Waals surface area contributed by atoms with Gasteiger partial charge in [-0.2, -0.15) is 0 Å². The summed E-state index contributed by atoms with van der Waals surface area (Å²) in [5.41, 5.74) is 6.87. The van der Waals surface area contributed by atoms with Crippen LogP contribution in [-0.2, 0) is 14.3 Å². The van der Waals surface area contributed by atoms with Crippen molar-refractivity contribution in [1.29, 1.82) is 0 Å². The van der Waals surface area contributed by atoms with Crippen LogP contribution >= 0.6 is 11.8 Å². The molecule has 1 aromatic rings. The Morgan fingerprint density at radius 3 is 2.74 bits per heavy atom. The van der Waals surface area contributed by atoms with E-state index in [1.165, 1.54) is 0 Å². The first kappa shape index (κ1) is 28.6. The molecule has 1 aromatic carbocycles. The molecule has 0 radical (unpaired) electrons. The third-order valence-electron chi connectivity index (χ3n) is 6.27. The molecule has 4 atom stereocenters. The van der Waals surface area contributed by atoms with Crippen molar-refractivity contribution in [3.63, 3.8) is 0 Å². The van der Waals surface area contributed by atoms with Gasteiger partial charge >= 0.3 is 0 Å². The molecular formula is C26H43N3O4S. The minimum absolute atomic E-state index is 0.0456. The number of ether oxygens (including phenoxy) is 1. The number of benzene rings is 1. The largest absolute Gasteiger partial charge is 0.391 e. The Hall–Kier alpha value is -1.61. The number of methoxy groups -OCH3 is 1. The summed E-state index contributed by atoms with van der Waals surface area (Å²) < 4.78 is 5.35. The molecule has 0 saturated heterocycles. The quantitative estimate of drug-likeness (QED) is 0.363. The van der Waals surface area contributed by atoms with Crippen molar-refractivity contribution in [2.24, 2.45) is 17.1 Å². The number of nitrogens with zero attached hydrogens (tertiary/aromatic N) is 1. The monoisotopic (exact) mass is 493 g/mol. The summed E-state index contributed by atoms with van der Waals surface area (Å²) in [6.45, 7) is 9.74. The van der Waals surface area contributed by atoms with E-state index in [4.69, 9.17) is 10.5 Å². The second-order valence-electron chi connectivity index (χ2n) is 10.2.